The fourth-order valence-corrected chi connectivity index (χ4v) is 2.18. The van der Waals surface area contributed by atoms with E-state index in [0.717, 1.165) is 17.9 Å². The third kappa shape index (κ3) is 2.65. The van der Waals surface area contributed by atoms with Crippen LogP contribution in [0.1, 0.15) is 22.3 Å². The maximum Gasteiger partial charge on any atom is 0.122 e. The van der Waals surface area contributed by atoms with Crippen LogP contribution >= 0.6 is 0 Å². The number of rotatable bonds is 3. The van der Waals surface area contributed by atoms with Crippen molar-refractivity contribution in [2.45, 2.75) is 20.3 Å². The van der Waals surface area contributed by atoms with Crippen molar-refractivity contribution in [1.29, 1.82) is 0 Å². The molecule has 2 heteroatoms. The minimum absolute atomic E-state index is 0.815. The summed E-state index contributed by atoms with van der Waals surface area (Å²) in [5, 5.41) is 0. The van der Waals surface area contributed by atoms with E-state index in [-0.39, 0.29) is 0 Å². The van der Waals surface area contributed by atoms with Gasteiger partial charge in [-0.2, -0.15) is 0 Å². The van der Waals surface area contributed by atoms with Gasteiger partial charge in [-0.3, -0.25) is 0 Å². The Kier molecular flexibility index (Phi) is 3.56. The van der Waals surface area contributed by atoms with Crippen LogP contribution in [0.4, 0.5) is 5.69 Å². The van der Waals surface area contributed by atoms with E-state index in [1.165, 1.54) is 22.3 Å². The van der Waals surface area contributed by atoms with Crippen LogP contribution in [-0.4, -0.2) is 7.11 Å². The lowest BCUT2D eigenvalue weighted by atomic mass is 9.98. The van der Waals surface area contributed by atoms with E-state index in [1.54, 1.807) is 7.11 Å². The van der Waals surface area contributed by atoms with Gasteiger partial charge in [-0.25, -0.2) is 0 Å². The Balaban J connectivity index is 2.32. The Labute approximate surface area is 108 Å². The molecular formula is C16H19NO. The minimum atomic E-state index is 0.815. The third-order valence-electron chi connectivity index (χ3n) is 3.20. The number of hydrogen-bond acceptors (Lipinski definition) is 2. The van der Waals surface area contributed by atoms with Crippen molar-refractivity contribution in [2.75, 3.05) is 12.8 Å². The molecule has 2 aromatic carbocycles. The first-order valence-corrected chi connectivity index (χ1v) is 6.08. The van der Waals surface area contributed by atoms with Crippen molar-refractivity contribution in [3.8, 4) is 5.75 Å². The van der Waals surface area contributed by atoms with Crippen LogP contribution in [0.2, 0.25) is 0 Å². The van der Waals surface area contributed by atoms with Gasteiger partial charge in [0.15, 0.2) is 0 Å². The topological polar surface area (TPSA) is 35.2 Å². The number of nitrogen functional groups attached to an aromatic ring is 1. The number of nitrogens with two attached hydrogens (primary N) is 1. The van der Waals surface area contributed by atoms with Gasteiger partial charge in [-0.1, -0.05) is 18.2 Å². The zero-order chi connectivity index (χ0) is 13.1. The quantitative estimate of drug-likeness (QED) is 0.835. The third-order valence-corrected chi connectivity index (χ3v) is 3.20. The van der Waals surface area contributed by atoms with E-state index >= 15 is 0 Å². The molecule has 18 heavy (non-hydrogen) atoms. The number of methoxy groups -OCH3 is 1. The average Bonchev–Trinajstić information content (AvgIpc) is 2.33. The van der Waals surface area contributed by atoms with Crippen LogP contribution in [0.3, 0.4) is 0 Å². The van der Waals surface area contributed by atoms with E-state index in [2.05, 4.69) is 32.0 Å². The predicted molar refractivity (Wildman–Crippen MR) is 76.1 cm³/mol. The van der Waals surface area contributed by atoms with Gasteiger partial charge in [0.25, 0.3) is 0 Å². The van der Waals surface area contributed by atoms with Crippen LogP contribution in [0, 0.1) is 13.8 Å². The van der Waals surface area contributed by atoms with Crippen molar-refractivity contribution in [3.05, 3.63) is 58.7 Å². The maximum absolute atomic E-state index is 5.81. The van der Waals surface area contributed by atoms with E-state index < -0.39 is 0 Å². The lowest BCUT2D eigenvalue weighted by Gasteiger charge is -2.11. The van der Waals surface area contributed by atoms with Gasteiger partial charge in [0, 0.05) is 5.69 Å². The minimum Gasteiger partial charge on any atom is -0.496 e. The molecule has 0 aliphatic rings. The standard InChI is InChI=1S/C16H19NO/c1-11-8-16(18-3)12(2)7-14(11)9-13-5-4-6-15(17)10-13/h4-8,10H,9,17H2,1-3H3. The lowest BCUT2D eigenvalue weighted by Crippen LogP contribution is -1.96. The summed E-state index contributed by atoms with van der Waals surface area (Å²) in [6.45, 7) is 4.19. The molecule has 0 saturated heterocycles. The van der Waals surface area contributed by atoms with Crippen molar-refractivity contribution in [1.82, 2.24) is 0 Å². The number of aryl methyl sites for hydroxylation is 2. The summed E-state index contributed by atoms with van der Waals surface area (Å²) in [4.78, 5) is 0. The fourth-order valence-electron chi connectivity index (χ4n) is 2.18. The smallest absolute Gasteiger partial charge is 0.122 e. The van der Waals surface area contributed by atoms with Crippen LogP contribution in [0.25, 0.3) is 0 Å². The highest BCUT2D eigenvalue weighted by molar-refractivity contribution is 5.46. The number of benzene rings is 2. The zero-order valence-electron chi connectivity index (χ0n) is 11.2. The summed E-state index contributed by atoms with van der Waals surface area (Å²) in [5.41, 5.74) is 11.6. The van der Waals surface area contributed by atoms with Gasteiger partial charge in [0.05, 0.1) is 7.11 Å². The molecule has 0 bridgehead atoms. The molecule has 2 aromatic rings. The first-order chi connectivity index (χ1) is 8.60. The summed E-state index contributed by atoms with van der Waals surface area (Å²) in [6, 6.07) is 12.3. The molecule has 0 unspecified atom stereocenters. The Morgan fingerprint density at radius 3 is 2.50 bits per heavy atom. The SMILES string of the molecule is COc1cc(C)c(Cc2cccc(N)c2)cc1C. The van der Waals surface area contributed by atoms with Crippen molar-refractivity contribution < 1.29 is 4.74 Å². The lowest BCUT2D eigenvalue weighted by molar-refractivity contribution is 0.411. The Morgan fingerprint density at radius 1 is 1.06 bits per heavy atom. The summed E-state index contributed by atoms with van der Waals surface area (Å²) >= 11 is 0. The van der Waals surface area contributed by atoms with Gasteiger partial charge >= 0.3 is 0 Å². The Bertz CT molecular complexity index is 561. The Hall–Kier alpha value is -1.96. The highest BCUT2D eigenvalue weighted by atomic mass is 16.5. The van der Waals surface area contributed by atoms with Gasteiger partial charge < -0.3 is 10.5 Å². The summed E-state index contributed by atoms with van der Waals surface area (Å²) in [7, 11) is 1.71. The first kappa shape index (κ1) is 12.5. The summed E-state index contributed by atoms with van der Waals surface area (Å²) in [6.07, 6.45) is 0.904. The Morgan fingerprint density at radius 2 is 1.83 bits per heavy atom. The molecule has 0 radical (unpaired) electrons. The van der Waals surface area contributed by atoms with E-state index in [1.807, 2.05) is 18.2 Å². The van der Waals surface area contributed by atoms with Gasteiger partial charge in [-0.05, 0) is 60.7 Å². The molecule has 0 amide bonds. The van der Waals surface area contributed by atoms with Crippen LogP contribution in [0.15, 0.2) is 36.4 Å². The van der Waals surface area contributed by atoms with Gasteiger partial charge in [-0.15, -0.1) is 0 Å². The summed E-state index contributed by atoms with van der Waals surface area (Å²) in [5.74, 6) is 0.948. The molecule has 0 heterocycles. The molecule has 2 nitrogen and oxygen atoms in total. The van der Waals surface area contributed by atoms with E-state index in [0.29, 0.717) is 0 Å². The highest BCUT2D eigenvalue weighted by Crippen LogP contribution is 2.24. The average molecular weight is 241 g/mol. The molecule has 0 fully saturated rings. The molecular weight excluding hydrogens is 222 g/mol. The number of anilines is 1. The molecule has 94 valence electrons. The summed E-state index contributed by atoms with van der Waals surface area (Å²) < 4.78 is 5.33. The fraction of sp³-hybridized carbons (Fsp3) is 0.250. The first-order valence-electron chi connectivity index (χ1n) is 6.08. The van der Waals surface area contributed by atoms with Crippen molar-refractivity contribution >= 4 is 5.69 Å². The normalized spacial score (nSPS) is 10.4. The maximum atomic E-state index is 5.81. The largest absolute Gasteiger partial charge is 0.496 e. The highest BCUT2D eigenvalue weighted by Gasteiger charge is 2.05. The monoisotopic (exact) mass is 241 g/mol. The second-order valence-corrected chi connectivity index (χ2v) is 4.67. The molecule has 0 aromatic heterocycles. The molecule has 2 rings (SSSR count). The molecule has 0 saturated carbocycles. The molecule has 0 aliphatic heterocycles. The number of hydrogen-bond donors (Lipinski definition) is 1. The number of ether oxygens (including phenoxy) is 1. The predicted octanol–water partition coefficient (Wildman–Crippen LogP) is 3.49. The molecule has 0 aliphatic carbocycles. The van der Waals surface area contributed by atoms with Crippen molar-refractivity contribution in [2.24, 2.45) is 0 Å². The van der Waals surface area contributed by atoms with Crippen LogP contribution < -0.4 is 10.5 Å². The van der Waals surface area contributed by atoms with E-state index in [4.69, 9.17) is 10.5 Å². The van der Waals surface area contributed by atoms with Gasteiger partial charge in [0.2, 0.25) is 0 Å². The van der Waals surface area contributed by atoms with Crippen molar-refractivity contribution in [3.63, 3.8) is 0 Å². The van der Waals surface area contributed by atoms with Gasteiger partial charge in [0.1, 0.15) is 5.75 Å². The second-order valence-electron chi connectivity index (χ2n) is 4.67. The molecule has 2 N–H and O–H groups in total. The van der Waals surface area contributed by atoms with Crippen LogP contribution in [-0.2, 0) is 6.42 Å². The van der Waals surface area contributed by atoms with E-state index in [9.17, 15) is 0 Å². The second kappa shape index (κ2) is 5.13. The zero-order valence-corrected chi connectivity index (χ0v) is 11.2. The van der Waals surface area contributed by atoms with Crippen LogP contribution in [0.5, 0.6) is 5.75 Å². The molecule has 0 spiro atoms. The molecule has 0 atom stereocenters.